The van der Waals surface area contributed by atoms with Crippen molar-refractivity contribution in [3.8, 4) is 39.1 Å². The molecule has 0 amide bonds. The van der Waals surface area contributed by atoms with Crippen LogP contribution in [0.5, 0.6) is 0 Å². The molecule has 1 N–H and O–H groups in total. The number of hydrogen-bond donors (Lipinski definition) is 1. The molecule has 2 heterocycles. The lowest BCUT2D eigenvalue weighted by molar-refractivity contribution is 0.674. The van der Waals surface area contributed by atoms with E-state index in [4.69, 9.17) is 9.98 Å². The zero-order chi connectivity index (χ0) is 44.3. The minimum atomic E-state index is -0.329. The van der Waals surface area contributed by atoms with Gasteiger partial charge in [0.25, 0.3) is 0 Å². The number of fused-ring (bicyclic) bond motifs is 9. The van der Waals surface area contributed by atoms with E-state index < -0.39 is 0 Å². The van der Waals surface area contributed by atoms with Crippen molar-refractivity contribution in [2.75, 3.05) is 0 Å². The van der Waals surface area contributed by atoms with Gasteiger partial charge in [0, 0.05) is 27.6 Å². The molecule has 1 aliphatic heterocycles. The van der Waals surface area contributed by atoms with E-state index in [-0.39, 0.29) is 6.17 Å². The van der Waals surface area contributed by atoms with Gasteiger partial charge in [0.1, 0.15) is 12.0 Å². The van der Waals surface area contributed by atoms with Gasteiger partial charge in [-0.05, 0) is 120 Å². The normalized spacial score (nSPS) is 13.8. The molecule has 4 heteroatoms. The highest BCUT2D eigenvalue weighted by Gasteiger charge is 2.22. The van der Waals surface area contributed by atoms with Gasteiger partial charge < -0.3 is 9.88 Å². The maximum absolute atomic E-state index is 5.18. The zero-order valence-corrected chi connectivity index (χ0v) is 36.5. The maximum atomic E-state index is 5.18. The van der Waals surface area contributed by atoms with Gasteiger partial charge in [-0.25, -0.2) is 9.98 Å². The fraction of sp³-hybridized carbons (Fsp3) is 0.0159. The minimum Gasteiger partial charge on any atom is -0.344 e. The van der Waals surface area contributed by atoms with Crippen LogP contribution in [-0.2, 0) is 0 Å². The van der Waals surface area contributed by atoms with Crippen LogP contribution < -0.4 is 5.32 Å². The van der Waals surface area contributed by atoms with E-state index in [1.54, 1.807) is 0 Å². The molecule has 0 bridgehead atoms. The average molecular weight is 855 g/mol. The third-order valence-electron chi connectivity index (χ3n) is 13.4. The van der Waals surface area contributed by atoms with Crippen LogP contribution in [-0.4, -0.2) is 16.2 Å². The Morgan fingerprint density at radius 2 is 0.776 bits per heavy atom. The van der Waals surface area contributed by atoms with Crippen molar-refractivity contribution >= 4 is 65.8 Å². The van der Waals surface area contributed by atoms with Crippen molar-refractivity contribution in [2.24, 2.45) is 9.98 Å². The molecule has 12 aromatic rings. The molecule has 1 aliphatic rings. The fourth-order valence-electron chi connectivity index (χ4n) is 10.2. The summed E-state index contributed by atoms with van der Waals surface area (Å²) < 4.78 is 2.38. The Bertz CT molecular complexity index is 3920. The SMILES string of the molecule is c1ccc(C2=NC(c3cccc(-n4c5ccccc5c5cc(-c6cccc(-c7cccc(-c8ccc9c%10ccccc%10c%10ccccc%10c9c8)c7)c6)ccc54)c3)NC(c3ccccc3)=N2)cc1. The first kappa shape index (κ1) is 38.6. The molecule has 0 spiro atoms. The number of hydrogen-bond acceptors (Lipinski definition) is 3. The van der Waals surface area contributed by atoms with E-state index >= 15 is 0 Å². The topological polar surface area (TPSA) is 41.7 Å². The summed E-state index contributed by atoms with van der Waals surface area (Å²) in [6.07, 6.45) is -0.329. The number of nitrogens with one attached hydrogen (secondary N) is 1. The minimum absolute atomic E-state index is 0.329. The third kappa shape index (κ3) is 6.77. The van der Waals surface area contributed by atoms with E-state index in [0.717, 1.165) is 39.2 Å². The Morgan fingerprint density at radius 3 is 1.42 bits per heavy atom. The van der Waals surface area contributed by atoms with Crippen LogP contribution in [0.1, 0.15) is 22.9 Å². The second-order valence-corrected chi connectivity index (χ2v) is 17.4. The lowest BCUT2D eigenvalue weighted by Crippen LogP contribution is -2.33. The summed E-state index contributed by atoms with van der Waals surface area (Å²) >= 11 is 0. The Morgan fingerprint density at radius 1 is 0.313 bits per heavy atom. The monoisotopic (exact) mass is 854 g/mol. The molecule has 1 atom stereocenters. The van der Waals surface area contributed by atoms with Crippen molar-refractivity contribution in [3.05, 3.63) is 259 Å². The second kappa shape index (κ2) is 16.0. The van der Waals surface area contributed by atoms with Crippen molar-refractivity contribution in [3.63, 3.8) is 0 Å². The number of amidine groups is 2. The van der Waals surface area contributed by atoms with Crippen LogP contribution in [0.25, 0.3) is 93.2 Å². The Kier molecular flexibility index (Phi) is 9.21. The van der Waals surface area contributed by atoms with Gasteiger partial charge >= 0.3 is 0 Å². The molecule has 0 radical (unpaired) electrons. The van der Waals surface area contributed by atoms with Gasteiger partial charge in [-0.2, -0.15) is 0 Å². The molecular formula is C63H42N4. The summed E-state index contributed by atoms with van der Waals surface area (Å²) in [5, 5.41) is 13.8. The molecule has 1 unspecified atom stereocenters. The summed E-state index contributed by atoms with van der Waals surface area (Å²) in [7, 11) is 0. The lowest BCUT2D eigenvalue weighted by Gasteiger charge is -2.24. The van der Waals surface area contributed by atoms with E-state index in [0.29, 0.717) is 5.84 Å². The summed E-state index contributed by atoms with van der Waals surface area (Å²) in [4.78, 5) is 10.2. The lowest BCUT2D eigenvalue weighted by atomic mass is 9.91. The van der Waals surface area contributed by atoms with E-state index in [2.05, 4.69) is 216 Å². The third-order valence-corrected chi connectivity index (χ3v) is 13.4. The van der Waals surface area contributed by atoms with Crippen LogP contribution in [0.15, 0.2) is 253 Å². The first-order chi connectivity index (χ1) is 33.2. The van der Waals surface area contributed by atoms with E-state index in [1.165, 1.54) is 76.5 Å². The Labute approximate surface area is 388 Å². The standard InChI is InChI=1S/C63H42N4/c1-3-16-41(17-4-1)61-64-62(42-18-5-2-6-19-42)66-63(65-61)49-24-15-25-50(38-49)67-59-31-12-11-30-56(59)58-40-48(33-35-60(58)67)46-23-14-21-44(37-46)43-20-13-22-45(36-43)47-32-34-55-53-28-8-7-26-51(53)52-27-9-10-29-54(52)57(55)39-47/h1-40,63H,(H,64,65,66). The van der Waals surface area contributed by atoms with Crippen LogP contribution in [0, 0.1) is 0 Å². The number of aliphatic imine (C=N–C) groups is 2. The summed E-state index contributed by atoms with van der Waals surface area (Å²) in [5.74, 6) is 1.51. The summed E-state index contributed by atoms with van der Waals surface area (Å²) in [6.45, 7) is 0. The average Bonchev–Trinajstić information content (AvgIpc) is 3.75. The number of aromatic nitrogens is 1. The van der Waals surface area contributed by atoms with Crippen molar-refractivity contribution in [1.82, 2.24) is 9.88 Å². The highest BCUT2D eigenvalue weighted by Crippen LogP contribution is 2.40. The fourth-order valence-corrected chi connectivity index (χ4v) is 10.2. The smallest absolute Gasteiger partial charge is 0.159 e. The van der Waals surface area contributed by atoms with E-state index in [1.807, 2.05) is 36.4 Å². The van der Waals surface area contributed by atoms with Crippen LogP contribution in [0.3, 0.4) is 0 Å². The predicted octanol–water partition coefficient (Wildman–Crippen LogP) is 15.7. The quantitative estimate of drug-likeness (QED) is 0.159. The van der Waals surface area contributed by atoms with Gasteiger partial charge in [-0.1, -0.05) is 194 Å². The van der Waals surface area contributed by atoms with Gasteiger partial charge in [0.15, 0.2) is 5.84 Å². The number of benzene rings is 11. The number of nitrogens with zero attached hydrogens (tertiary/aromatic N) is 3. The van der Waals surface area contributed by atoms with Crippen molar-refractivity contribution in [1.29, 1.82) is 0 Å². The number of rotatable bonds is 7. The van der Waals surface area contributed by atoms with Crippen molar-refractivity contribution < 1.29 is 0 Å². The highest BCUT2D eigenvalue weighted by molar-refractivity contribution is 6.25. The highest BCUT2D eigenvalue weighted by atomic mass is 15.2. The van der Waals surface area contributed by atoms with Gasteiger partial charge in [0.2, 0.25) is 0 Å². The van der Waals surface area contributed by atoms with Gasteiger partial charge in [0.05, 0.1) is 11.0 Å². The molecule has 0 saturated carbocycles. The molecule has 0 fully saturated rings. The molecular weight excluding hydrogens is 813 g/mol. The molecule has 13 rings (SSSR count). The van der Waals surface area contributed by atoms with Crippen LogP contribution in [0.2, 0.25) is 0 Å². The molecule has 4 nitrogen and oxygen atoms in total. The first-order valence-corrected chi connectivity index (χ1v) is 22.9. The molecule has 0 saturated heterocycles. The largest absolute Gasteiger partial charge is 0.344 e. The zero-order valence-electron chi connectivity index (χ0n) is 36.5. The molecule has 0 aliphatic carbocycles. The van der Waals surface area contributed by atoms with Gasteiger partial charge in [-0.15, -0.1) is 0 Å². The predicted molar refractivity (Wildman–Crippen MR) is 281 cm³/mol. The molecule has 314 valence electrons. The number of para-hydroxylation sites is 1. The molecule has 11 aromatic carbocycles. The van der Waals surface area contributed by atoms with Crippen LogP contribution >= 0.6 is 0 Å². The Hall–Kier alpha value is -8.86. The molecule has 1 aromatic heterocycles. The van der Waals surface area contributed by atoms with E-state index in [9.17, 15) is 0 Å². The first-order valence-electron chi connectivity index (χ1n) is 22.9. The summed E-state index contributed by atoms with van der Waals surface area (Å²) in [6, 6.07) is 87.4. The maximum Gasteiger partial charge on any atom is 0.159 e. The second-order valence-electron chi connectivity index (χ2n) is 17.4. The van der Waals surface area contributed by atoms with Crippen LogP contribution in [0.4, 0.5) is 0 Å². The van der Waals surface area contributed by atoms with Crippen molar-refractivity contribution in [2.45, 2.75) is 6.17 Å². The summed E-state index contributed by atoms with van der Waals surface area (Å²) in [5.41, 5.74) is 13.6. The molecule has 67 heavy (non-hydrogen) atoms. The Balaban J connectivity index is 0.854. The van der Waals surface area contributed by atoms with Gasteiger partial charge in [-0.3, -0.25) is 0 Å².